The molecule has 4 aromatic carbocycles. The number of anilines is 1. The summed E-state index contributed by atoms with van der Waals surface area (Å²) in [5.41, 5.74) is 1.65. The summed E-state index contributed by atoms with van der Waals surface area (Å²) in [6, 6.07) is 25.8. The van der Waals surface area contributed by atoms with Gasteiger partial charge in [-0.2, -0.15) is 0 Å². The highest BCUT2D eigenvalue weighted by Crippen LogP contribution is 2.36. The first-order valence-electron chi connectivity index (χ1n) is 15.6. The van der Waals surface area contributed by atoms with Crippen molar-refractivity contribution in [3.63, 3.8) is 0 Å². The Morgan fingerprint density at radius 2 is 1.50 bits per heavy atom. The first kappa shape index (κ1) is 35.1. The number of benzene rings is 4. The minimum absolute atomic E-state index is 0.000860. The first-order valence-corrected chi connectivity index (χ1v) is 17.8. The monoisotopic (exact) mass is 709 g/mol. The van der Waals surface area contributed by atoms with E-state index >= 15 is 0 Å². The molecule has 1 aliphatic heterocycles. The van der Waals surface area contributed by atoms with Gasteiger partial charge in [-0.05, 0) is 60.9 Å². The van der Waals surface area contributed by atoms with Crippen LogP contribution in [0.5, 0.6) is 11.5 Å². The fraction of sp³-hybridized carbons (Fsp3) is 0.278. The number of fused-ring (bicyclic) bond motifs is 1. The van der Waals surface area contributed by atoms with Crippen molar-refractivity contribution in [2.75, 3.05) is 24.1 Å². The van der Waals surface area contributed by atoms with Crippen LogP contribution in [0, 0.1) is 0 Å². The Bertz CT molecular complexity index is 1840. The third-order valence-electron chi connectivity index (χ3n) is 8.03. The summed E-state index contributed by atoms with van der Waals surface area (Å²) in [5, 5.41) is 3.65. The van der Waals surface area contributed by atoms with Gasteiger partial charge in [0.2, 0.25) is 11.8 Å². The number of nitrogens with zero attached hydrogens (tertiary/aromatic N) is 2. The van der Waals surface area contributed by atoms with Crippen molar-refractivity contribution in [2.45, 2.75) is 50.2 Å². The van der Waals surface area contributed by atoms with E-state index in [1.165, 1.54) is 17.0 Å². The number of amides is 2. The zero-order chi connectivity index (χ0) is 34.3. The molecule has 1 heterocycles. The molecule has 5 rings (SSSR count). The second kappa shape index (κ2) is 15.8. The summed E-state index contributed by atoms with van der Waals surface area (Å²) in [6.45, 7) is 3.85. The van der Waals surface area contributed by atoms with E-state index in [4.69, 9.17) is 32.7 Å². The van der Waals surface area contributed by atoms with Crippen molar-refractivity contribution in [1.29, 1.82) is 0 Å². The first-order chi connectivity index (χ1) is 23.1. The van der Waals surface area contributed by atoms with Crippen LogP contribution in [0.25, 0.3) is 0 Å². The average molecular weight is 711 g/mol. The average Bonchev–Trinajstić information content (AvgIpc) is 3.10. The number of rotatable bonds is 13. The van der Waals surface area contributed by atoms with Crippen molar-refractivity contribution in [2.24, 2.45) is 0 Å². The van der Waals surface area contributed by atoms with Crippen LogP contribution < -0.4 is 19.1 Å². The molecule has 2 amide bonds. The van der Waals surface area contributed by atoms with Crippen LogP contribution in [0.1, 0.15) is 31.4 Å². The largest absolute Gasteiger partial charge is 0.486 e. The summed E-state index contributed by atoms with van der Waals surface area (Å²) in [5.74, 6) is -0.129. The van der Waals surface area contributed by atoms with Gasteiger partial charge in [0, 0.05) is 25.1 Å². The standard InChI is InChI=1S/C36H37Cl2N3O6S/c1-3-25(2)39-36(43)32(21-26-10-6-4-7-11-26)40(23-27-14-16-30(37)31(38)20-27)35(42)24-41(48(44,45)29-12-8-5-9-13-29)28-15-17-33-34(22-28)47-19-18-46-33/h4-17,20,22,25,32H,3,18-19,21,23-24H2,1-2H3,(H,39,43). The van der Waals surface area contributed by atoms with Gasteiger partial charge in [-0.3, -0.25) is 13.9 Å². The van der Waals surface area contributed by atoms with Crippen molar-refractivity contribution in [1.82, 2.24) is 10.2 Å². The number of carbonyl (C=O) groups is 2. The number of sulfonamides is 1. The number of halogens is 2. The van der Waals surface area contributed by atoms with Crippen molar-refractivity contribution < 1.29 is 27.5 Å². The molecule has 0 spiro atoms. The van der Waals surface area contributed by atoms with Crippen molar-refractivity contribution in [3.8, 4) is 11.5 Å². The number of hydrogen-bond acceptors (Lipinski definition) is 6. The van der Waals surface area contributed by atoms with Gasteiger partial charge >= 0.3 is 0 Å². The van der Waals surface area contributed by atoms with Gasteiger partial charge in [-0.1, -0.05) is 84.7 Å². The predicted octanol–water partition coefficient (Wildman–Crippen LogP) is 6.51. The second-order valence-corrected chi connectivity index (χ2v) is 14.1. The maximum Gasteiger partial charge on any atom is 0.264 e. The van der Waals surface area contributed by atoms with Gasteiger partial charge < -0.3 is 19.7 Å². The molecule has 2 unspecified atom stereocenters. The van der Waals surface area contributed by atoms with Gasteiger partial charge in [0.25, 0.3) is 10.0 Å². The molecule has 0 aliphatic carbocycles. The van der Waals surface area contributed by atoms with Gasteiger partial charge in [0.1, 0.15) is 25.8 Å². The van der Waals surface area contributed by atoms with E-state index in [1.54, 1.807) is 54.6 Å². The van der Waals surface area contributed by atoms with E-state index in [0.717, 1.165) is 9.87 Å². The Hall–Kier alpha value is -4.25. The van der Waals surface area contributed by atoms with Crippen LogP contribution >= 0.6 is 23.2 Å². The van der Waals surface area contributed by atoms with E-state index in [2.05, 4.69) is 5.32 Å². The van der Waals surface area contributed by atoms with E-state index < -0.39 is 28.5 Å². The quantitative estimate of drug-likeness (QED) is 0.170. The van der Waals surface area contributed by atoms with Crippen LogP contribution in [0.15, 0.2) is 102 Å². The molecule has 0 fully saturated rings. The normalized spacial score (nSPS) is 13.7. The van der Waals surface area contributed by atoms with Crippen LogP contribution in [0.4, 0.5) is 5.69 Å². The minimum Gasteiger partial charge on any atom is -0.486 e. The highest BCUT2D eigenvalue weighted by molar-refractivity contribution is 7.92. The predicted molar refractivity (Wildman–Crippen MR) is 187 cm³/mol. The third-order valence-corrected chi connectivity index (χ3v) is 10.6. The van der Waals surface area contributed by atoms with Crippen LogP contribution in [0.2, 0.25) is 10.0 Å². The van der Waals surface area contributed by atoms with Gasteiger partial charge in [0.05, 0.1) is 20.6 Å². The number of carbonyl (C=O) groups excluding carboxylic acids is 2. The number of nitrogens with one attached hydrogen (secondary N) is 1. The highest BCUT2D eigenvalue weighted by atomic mass is 35.5. The molecule has 2 atom stereocenters. The Morgan fingerprint density at radius 1 is 0.833 bits per heavy atom. The molecule has 0 saturated heterocycles. The second-order valence-electron chi connectivity index (χ2n) is 11.4. The molecular formula is C36H37Cl2N3O6S. The molecule has 1 aliphatic rings. The maximum atomic E-state index is 14.7. The third kappa shape index (κ3) is 8.42. The smallest absolute Gasteiger partial charge is 0.264 e. The zero-order valence-electron chi connectivity index (χ0n) is 26.6. The SMILES string of the molecule is CCC(C)NC(=O)C(Cc1ccccc1)N(Cc1ccc(Cl)c(Cl)c1)C(=O)CN(c1ccc2c(c1)OCCO2)S(=O)(=O)c1ccccc1. The lowest BCUT2D eigenvalue weighted by molar-refractivity contribution is -0.140. The molecule has 9 nitrogen and oxygen atoms in total. The summed E-state index contributed by atoms with van der Waals surface area (Å²) < 4.78 is 40.9. The number of hydrogen-bond donors (Lipinski definition) is 1. The maximum absolute atomic E-state index is 14.7. The Morgan fingerprint density at radius 3 is 2.17 bits per heavy atom. The molecule has 0 bridgehead atoms. The van der Waals surface area contributed by atoms with Gasteiger partial charge in [0.15, 0.2) is 11.5 Å². The molecule has 0 radical (unpaired) electrons. The van der Waals surface area contributed by atoms with E-state index in [-0.39, 0.29) is 40.5 Å². The summed E-state index contributed by atoms with van der Waals surface area (Å²) in [7, 11) is -4.27. The van der Waals surface area contributed by atoms with E-state index in [9.17, 15) is 18.0 Å². The van der Waals surface area contributed by atoms with Gasteiger partial charge in [-0.25, -0.2) is 8.42 Å². The lowest BCUT2D eigenvalue weighted by atomic mass is 10.0. The molecule has 0 saturated carbocycles. The molecular weight excluding hydrogens is 673 g/mol. The topological polar surface area (TPSA) is 105 Å². The Balaban J connectivity index is 1.60. The molecule has 12 heteroatoms. The minimum atomic E-state index is -4.27. The number of ether oxygens (including phenoxy) is 2. The van der Waals surface area contributed by atoms with Crippen LogP contribution in [-0.2, 0) is 32.6 Å². The lowest BCUT2D eigenvalue weighted by Crippen LogP contribution is -2.54. The summed E-state index contributed by atoms with van der Waals surface area (Å²) >= 11 is 12.6. The zero-order valence-corrected chi connectivity index (χ0v) is 29.0. The molecule has 48 heavy (non-hydrogen) atoms. The lowest BCUT2D eigenvalue weighted by Gasteiger charge is -2.34. The van der Waals surface area contributed by atoms with Crippen molar-refractivity contribution in [3.05, 3.63) is 118 Å². The Kier molecular flexibility index (Phi) is 11.5. The molecule has 252 valence electrons. The molecule has 0 aromatic heterocycles. The van der Waals surface area contributed by atoms with E-state index in [1.807, 2.05) is 44.2 Å². The van der Waals surface area contributed by atoms with Crippen LogP contribution in [-0.4, -0.2) is 57.0 Å². The van der Waals surface area contributed by atoms with Gasteiger partial charge in [-0.15, -0.1) is 0 Å². The van der Waals surface area contributed by atoms with Crippen LogP contribution in [0.3, 0.4) is 0 Å². The fourth-order valence-corrected chi connectivity index (χ4v) is 7.01. The summed E-state index contributed by atoms with van der Waals surface area (Å²) in [4.78, 5) is 30.1. The molecule has 4 aromatic rings. The fourth-order valence-electron chi connectivity index (χ4n) is 5.27. The Labute approximate surface area is 291 Å². The highest BCUT2D eigenvalue weighted by Gasteiger charge is 2.35. The summed E-state index contributed by atoms with van der Waals surface area (Å²) in [6.07, 6.45) is 0.864. The molecule has 1 N–H and O–H groups in total. The van der Waals surface area contributed by atoms with Crippen molar-refractivity contribution >= 4 is 50.7 Å². The van der Waals surface area contributed by atoms with E-state index in [0.29, 0.717) is 41.7 Å².